The molecule has 1 aromatic carbocycles. The fourth-order valence-electron chi connectivity index (χ4n) is 8.90. The van der Waals surface area contributed by atoms with Crippen LogP contribution in [0.15, 0.2) is 24.3 Å². The Morgan fingerprint density at radius 2 is 2.00 bits per heavy atom. The Bertz CT molecular complexity index is 1280. The monoisotopic (exact) mass is 539 g/mol. The van der Waals surface area contributed by atoms with Crippen LogP contribution >= 0.6 is 0 Å². The van der Waals surface area contributed by atoms with Gasteiger partial charge in [-0.25, -0.2) is 4.79 Å². The van der Waals surface area contributed by atoms with Crippen molar-refractivity contribution in [1.82, 2.24) is 10.2 Å². The van der Waals surface area contributed by atoms with Crippen molar-refractivity contribution in [3.05, 3.63) is 35.4 Å². The minimum absolute atomic E-state index is 0.00660. The third-order valence-corrected chi connectivity index (χ3v) is 10.1. The molecule has 210 valence electrons. The molecule has 7 atom stereocenters. The van der Waals surface area contributed by atoms with Gasteiger partial charge in [-0.05, 0) is 37.4 Å². The van der Waals surface area contributed by atoms with E-state index in [2.05, 4.69) is 28.4 Å². The second kappa shape index (κ2) is 8.69. The molecule has 2 saturated heterocycles. The second-order valence-corrected chi connectivity index (χ2v) is 11.6. The van der Waals surface area contributed by atoms with Gasteiger partial charge < -0.3 is 29.5 Å². The number of anilines is 1. The van der Waals surface area contributed by atoms with Crippen molar-refractivity contribution in [3.8, 4) is 5.75 Å². The number of likely N-dealkylation sites (N-methyl/N-ethyl adjacent to an activating group) is 1. The Balaban J connectivity index is 1.66. The van der Waals surface area contributed by atoms with Gasteiger partial charge in [-0.2, -0.15) is 0 Å². The Morgan fingerprint density at radius 3 is 2.62 bits per heavy atom. The average Bonchev–Trinajstić information content (AvgIpc) is 3.60. The number of amides is 1. The molecule has 10 heteroatoms. The first-order valence-electron chi connectivity index (χ1n) is 13.7. The van der Waals surface area contributed by atoms with Gasteiger partial charge in [0.1, 0.15) is 5.75 Å². The average molecular weight is 540 g/mol. The molecule has 0 bridgehead atoms. The first-order valence-corrected chi connectivity index (χ1v) is 13.7. The highest BCUT2D eigenvalue weighted by molar-refractivity contribution is 5.87. The highest BCUT2D eigenvalue weighted by atomic mass is 16.6. The van der Waals surface area contributed by atoms with E-state index in [-0.39, 0.29) is 18.0 Å². The Labute approximate surface area is 228 Å². The number of carbonyl (C=O) groups is 3. The van der Waals surface area contributed by atoms with Crippen LogP contribution in [0.25, 0.3) is 0 Å². The Hall–Kier alpha value is -3.11. The van der Waals surface area contributed by atoms with E-state index >= 15 is 0 Å². The first kappa shape index (κ1) is 26.1. The predicted octanol–water partition coefficient (Wildman–Crippen LogP) is 1.59. The topological polar surface area (TPSA) is 118 Å². The lowest BCUT2D eigenvalue weighted by Gasteiger charge is -2.63. The maximum Gasteiger partial charge on any atom is 0.344 e. The number of carbonyl (C=O) groups excluding carboxylic acids is 3. The van der Waals surface area contributed by atoms with Crippen molar-refractivity contribution in [2.24, 2.45) is 5.41 Å². The number of fused-ring (bicyclic) bond motifs is 1. The molecule has 4 heterocycles. The van der Waals surface area contributed by atoms with Crippen molar-refractivity contribution in [2.45, 2.75) is 74.8 Å². The molecule has 1 aromatic rings. The van der Waals surface area contributed by atoms with E-state index < -0.39 is 40.5 Å². The maximum absolute atomic E-state index is 13.8. The SMILES string of the molecule is CCC12C=CCN3CCC4(c5cc(C6CCC(=O)N6)c(OC)cc5N(C)C4C(O)(C(=O)OC)C1OC(C)=O)C32. The van der Waals surface area contributed by atoms with Crippen LogP contribution < -0.4 is 15.0 Å². The van der Waals surface area contributed by atoms with Crippen LogP contribution in [-0.4, -0.2) is 86.0 Å². The van der Waals surface area contributed by atoms with Gasteiger partial charge in [0.15, 0.2) is 6.10 Å². The van der Waals surface area contributed by atoms with Crippen LogP contribution in [0.3, 0.4) is 0 Å². The molecular formula is C29H37N3O7. The number of aliphatic hydroxyl groups is 1. The van der Waals surface area contributed by atoms with Gasteiger partial charge in [0.2, 0.25) is 11.5 Å². The first-order chi connectivity index (χ1) is 18.6. The van der Waals surface area contributed by atoms with E-state index in [1.165, 1.54) is 14.0 Å². The number of nitrogens with zero attached hydrogens (tertiary/aromatic N) is 2. The van der Waals surface area contributed by atoms with Gasteiger partial charge in [0, 0.05) is 61.1 Å². The zero-order chi connectivity index (χ0) is 27.9. The Kier molecular flexibility index (Phi) is 5.83. The number of benzene rings is 1. The van der Waals surface area contributed by atoms with Gasteiger partial charge in [-0.1, -0.05) is 19.1 Å². The van der Waals surface area contributed by atoms with Crippen LogP contribution in [0.4, 0.5) is 5.69 Å². The quantitative estimate of drug-likeness (QED) is 0.425. The van der Waals surface area contributed by atoms with Crippen LogP contribution in [0, 0.1) is 5.41 Å². The summed E-state index contributed by atoms with van der Waals surface area (Å²) in [6.45, 7) is 4.81. The summed E-state index contributed by atoms with van der Waals surface area (Å²) in [4.78, 5) is 42.8. The maximum atomic E-state index is 13.8. The van der Waals surface area contributed by atoms with E-state index in [9.17, 15) is 19.5 Å². The zero-order valence-electron chi connectivity index (χ0n) is 23.2. The molecule has 1 saturated carbocycles. The summed E-state index contributed by atoms with van der Waals surface area (Å²) in [5, 5.41) is 15.8. The molecule has 1 aliphatic carbocycles. The lowest BCUT2D eigenvalue weighted by molar-refractivity contribution is -0.228. The molecule has 6 rings (SSSR count). The number of esters is 2. The second-order valence-electron chi connectivity index (χ2n) is 11.6. The third kappa shape index (κ3) is 3.13. The lowest BCUT2D eigenvalue weighted by Crippen LogP contribution is -2.81. The molecule has 10 nitrogen and oxygen atoms in total. The molecule has 39 heavy (non-hydrogen) atoms. The number of nitrogens with one attached hydrogen (secondary N) is 1. The summed E-state index contributed by atoms with van der Waals surface area (Å²) in [7, 11) is 4.73. The molecule has 1 spiro atoms. The molecule has 7 unspecified atom stereocenters. The van der Waals surface area contributed by atoms with Crippen molar-refractivity contribution in [1.29, 1.82) is 0 Å². The number of hydrogen-bond acceptors (Lipinski definition) is 9. The van der Waals surface area contributed by atoms with E-state index in [1.807, 2.05) is 24.9 Å². The van der Waals surface area contributed by atoms with Gasteiger partial charge >= 0.3 is 11.9 Å². The van der Waals surface area contributed by atoms with Crippen LogP contribution in [-0.2, 0) is 29.3 Å². The normalized spacial score (nSPS) is 38.1. The van der Waals surface area contributed by atoms with Crippen LogP contribution in [0.5, 0.6) is 5.75 Å². The Morgan fingerprint density at radius 1 is 1.23 bits per heavy atom. The van der Waals surface area contributed by atoms with Crippen molar-refractivity contribution >= 4 is 23.5 Å². The molecule has 2 N–H and O–H groups in total. The third-order valence-electron chi connectivity index (χ3n) is 10.1. The van der Waals surface area contributed by atoms with Crippen molar-refractivity contribution in [3.63, 3.8) is 0 Å². The fourth-order valence-corrected chi connectivity index (χ4v) is 8.90. The van der Waals surface area contributed by atoms with Crippen molar-refractivity contribution < 1.29 is 33.7 Å². The van der Waals surface area contributed by atoms with Crippen LogP contribution in [0.1, 0.15) is 56.7 Å². The minimum atomic E-state index is -2.16. The predicted molar refractivity (Wildman–Crippen MR) is 141 cm³/mol. The summed E-state index contributed by atoms with van der Waals surface area (Å²) >= 11 is 0. The van der Waals surface area contributed by atoms with Crippen LogP contribution in [0.2, 0.25) is 0 Å². The summed E-state index contributed by atoms with van der Waals surface area (Å²) < 4.78 is 17.1. The summed E-state index contributed by atoms with van der Waals surface area (Å²) in [6.07, 6.45) is 5.30. The summed E-state index contributed by atoms with van der Waals surface area (Å²) in [6, 6.07) is 2.97. The number of ether oxygens (including phenoxy) is 3. The van der Waals surface area contributed by atoms with Gasteiger partial charge in [0.25, 0.3) is 0 Å². The molecule has 0 aromatic heterocycles. The number of hydrogen-bond donors (Lipinski definition) is 2. The van der Waals surface area contributed by atoms with E-state index in [1.54, 1.807) is 7.11 Å². The largest absolute Gasteiger partial charge is 0.496 e. The molecule has 1 amide bonds. The highest BCUT2D eigenvalue weighted by Gasteiger charge is 2.80. The molecular weight excluding hydrogens is 502 g/mol. The summed E-state index contributed by atoms with van der Waals surface area (Å²) in [5.41, 5.74) is -0.944. The van der Waals surface area contributed by atoms with Crippen molar-refractivity contribution in [2.75, 3.05) is 39.3 Å². The molecule has 3 fully saturated rings. The van der Waals surface area contributed by atoms with Gasteiger partial charge in [-0.3, -0.25) is 14.5 Å². The van der Waals surface area contributed by atoms with E-state index in [4.69, 9.17) is 14.2 Å². The smallest absolute Gasteiger partial charge is 0.344 e. The number of rotatable bonds is 5. The lowest BCUT2D eigenvalue weighted by atomic mass is 9.47. The highest BCUT2D eigenvalue weighted by Crippen LogP contribution is 2.67. The zero-order valence-corrected chi connectivity index (χ0v) is 23.2. The molecule has 5 aliphatic rings. The number of methoxy groups -OCH3 is 2. The van der Waals surface area contributed by atoms with Gasteiger partial charge in [-0.15, -0.1) is 0 Å². The summed E-state index contributed by atoms with van der Waals surface area (Å²) in [5.74, 6) is -0.741. The standard InChI is InChI=1S/C29H37N3O7/c1-6-27-10-7-12-32-13-11-28(23(27)32)18-14-17(19-8-9-22(34)30-19)21(37-4)15-20(18)31(3)24(28)29(36,26(35)38-5)25(27)39-16(2)33/h7,10,14-15,19,23-25,36H,6,8-9,11-13H2,1-5H3,(H,30,34). The molecule has 0 radical (unpaired) electrons. The minimum Gasteiger partial charge on any atom is -0.496 e. The van der Waals surface area contributed by atoms with E-state index in [0.29, 0.717) is 31.4 Å². The van der Waals surface area contributed by atoms with E-state index in [0.717, 1.165) is 29.9 Å². The van der Waals surface area contributed by atoms with Gasteiger partial charge in [0.05, 0.1) is 26.3 Å². The molecule has 4 aliphatic heterocycles. The fraction of sp³-hybridized carbons (Fsp3) is 0.621.